The normalized spacial score (nSPS) is 11.3. The Kier molecular flexibility index (Phi) is 4.54. The van der Waals surface area contributed by atoms with E-state index in [9.17, 15) is 18.0 Å². The van der Waals surface area contributed by atoms with Gasteiger partial charge in [-0.15, -0.1) is 0 Å². The highest BCUT2D eigenvalue weighted by Gasteiger charge is 2.30. The van der Waals surface area contributed by atoms with Crippen molar-refractivity contribution in [2.75, 3.05) is 5.32 Å². The average Bonchev–Trinajstić information content (AvgIpc) is 2.43. The fraction of sp³-hybridized carbons (Fsp3) is 0.235. The molecule has 1 amide bonds. The minimum absolute atomic E-state index is 0.0999. The molecular weight excluding hydrogens is 291 g/mol. The smallest absolute Gasteiger partial charge is 0.326 e. The summed E-state index contributed by atoms with van der Waals surface area (Å²) in [5.74, 6) is -0.340. The highest BCUT2D eigenvalue weighted by molar-refractivity contribution is 5.93. The van der Waals surface area contributed by atoms with Gasteiger partial charge in [0.1, 0.15) is 0 Å². The zero-order chi connectivity index (χ0) is 16.3. The molecule has 0 saturated heterocycles. The van der Waals surface area contributed by atoms with Crippen molar-refractivity contribution in [2.24, 2.45) is 0 Å². The van der Waals surface area contributed by atoms with Gasteiger partial charge >= 0.3 is 6.18 Å². The predicted octanol–water partition coefficient (Wildman–Crippen LogP) is 4.50. The van der Waals surface area contributed by atoms with Crippen LogP contribution in [0.25, 0.3) is 0 Å². The Balaban J connectivity index is 2.11. The second-order valence-corrected chi connectivity index (χ2v) is 5.17. The van der Waals surface area contributed by atoms with Gasteiger partial charge in [0.15, 0.2) is 0 Å². The molecule has 2 rings (SSSR count). The molecule has 0 aliphatic rings. The Bertz CT molecular complexity index is 693. The summed E-state index contributed by atoms with van der Waals surface area (Å²) in [6, 6.07) is 10.3. The number of alkyl halides is 3. The van der Waals surface area contributed by atoms with Gasteiger partial charge in [0.2, 0.25) is 5.91 Å². The Hall–Kier alpha value is -2.30. The van der Waals surface area contributed by atoms with Crippen LogP contribution < -0.4 is 5.32 Å². The van der Waals surface area contributed by atoms with Crippen LogP contribution in [0.15, 0.2) is 42.5 Å². The quantitative estimate of drug-likeness (QED) is 0.888. The van der Waals surface area contributed by atoms with E-state index in [1.54, 1.807) is 6.07 Å². The first kappa shape index (κ1) is 16.1. The van der Waals surface area contributed by atoms with Crippen molar-refractivity contribution in [1.29, 1.82) is 0 Å². The molecule has 2 aromatic carbocycles. The lowest BCUT2D eigenvalue weighted by molar-refractivity contribution is -0.137. The van der Waals surface area contributed by atoms with Crippen LogP contribution >= 0.6 is 0 Å². The molecule has 0 aliphatic carbocycles. The average molecular weight is 307 g/mol. The van der Waals surface area contributed by atoms with E-state index < -0.39 is 11.7 Å². The number of anilines is 1. The number of carbonyl (C=O) groups is 1. The Morgan fingerprint density at radius 2 is 1.77 bits per heavy atom. The fourth-order valence-electron chi connectivity index (χ4n) is 2.12. The lowest BCUT2D eigenvalue weighted by Crippen LogP contribution is -2.16. The maximum absolute atomic E-state index is 12.6. The second kappa shape index (κ2) is 6.22. The molecule has 0 radical (unpaired) electrons. The van der Waals surface area contributed by atoms with Crippen LogP contribution in [0.2, 0.25) is 0 Å². The van der Waals surface area contributed by atoms with Crippen molar-refractivity contribution in [3.8, 4) is 0 Å². The summed E-state index contributed by atoms with van der Waals surface area (Å²) in [5.41, 5.74) is 2.25. The van der Waals surface area contributed by atoms with Crippen molar-refractivity contribution in [2.45, 2.75) is 26.4 Å². The number of carbonyl (C=O) groups excluding carboxylic acids is 1. The number of nitrogens with one attached hydrogen (secondary N) is 1. The molecule has 0 heterocycles. The monoisotopic (exact) mass is 307 g/mol. The van der Waals surface area contributed by atoms with E-state index in [1.807, 2.05) is 26.0 Å². The molecule has 22 heavy (non-hydrogen) atoms. The lowest BCUT2D eigenvalue weighted by Gasteiger charge is -2.11. The van der Waals surface area contributed by atoms with Crippen molar-refractivity contribution < 1.29 is 18.0 Å². The number of aryl methyl sites for hydroxylation is 1. The zero-order valence-corrected chi connectivity index (χ0v) is 12.3. The molecule has 0 atom stereocenters. The van der Waals surface area contributed by atoms with E-state index in [0.29, 0.717) is 11.3 Å². The number of halogens is 3. The Morgan fingerprint density at radius 1 is 1.09 bits per heavy atom. The largest absolute Gasteiger partial charge is 0.416 e. The van der Waals surface area contributed by atoms with E-state index in [2.05, 4.69) is 5.32 Å². The molecular formula is C17H16F3NO. The molecule has 0 aliphatic heterocycles. The summed E-state index contributed by atoms with van der Waals surface area (Å²) in [5, 5.41) is 2.74. The standard InChI is InChI=1S/C17H16F3NO/c1-11-5-3-8-15(12(11)2)21-16(22)10-13-6-4-7-14(9-13)17(18,19)20/h3-9H,10H2,1-2H3,(H,21,22). The summed E-state index contributed by atoms with van der Waals surface area (Å²) >= 11 is 0. The first-order valence-electron chi connectivity index (χ1n) is 6.79. The maximum atomic E-state index is 12.6. The summed E-state index contributed by atoms with van der Waals surface area (Å²) in [6.45, 7) is 3.81. The van der Waals surface area contributed by atoms with E-state index in [4.69, 9.17) is 0 Å². The number of hydrogen-bond donors (Lipinski definition) is 1. The van der Waals surface area contributed by atoms with Crippen LogP contribution in [0.3, 0.4) is 0 Å². The van der Waals surface area contributed by atoms with Gasteiger partial charge in [-0.2, -0.15) is 13.2 Å². The van der Waals surface area contributed by atoms with Crippen LogP contribution in [-0.2, 0) is 17.4 Å². The van der Waals surface area contributed by atoms with Gasteiger partial charge in [0.05, 0.1) is 12.0 Å². The topological polar surface area (TPSA) is 29.1 Å². The van der Waals surface area contributed by atoms with E-state index >= 15 is 0 Å². The fourth-order valence-corrected chi connectivity index (χ4v) is 2.12. The van der Waals surface area contributed by atoms with Crippen molar-refractivity contribution >= 4 is 11.6 Å². The van der Waals surface area contributed by atoms with Crippen LogP contribution in [0.5, 0.6) is 0 Å². The van der Waals surface area contributed by atoms with Gasteiger partial charge in [-0.3, -0.25) is 4.79 Å². The minimum Gasteiger partial charge on any atom is -0.326 e. The summed E-state index contributed by atoms with van der Waals surface area (Å²) in [6.07, 6.45) is -4.50. The molecule has 5 heteroatoms. The molecule has 2 aromatic rings. The van der Waals surface area contributed by atoms with Crippen molar-refractivity contribution in [1.82, 2.24) is 0 Å². The van der Waals surface area contributed by atoms with Gasteiger partial charge in [-0.25, -0.2) is 0 Å². The number of amides is 1. The number of benzene rings is 2. The summed E-state index contributed by atoms with van der Waals surface area (Å²) in [4.78, 5) is 12.0. The summed E-state index contributed by atoms with van der Waals surface area (Å²) < 4.78 is 37.9. The van der Waals surface area contributed by atoms with E-state index in [-0.39, 0.29) is 12.3 Å². The third-order valence-electron chi connectivity index (χ3n) is 3.50. The lowest BCUT2D eigenvalue weighted by atomic mass is 10.1. The molecule has 0 bridgehead atoms. The highest BCUT2D eigenvalue weighted by Crippen LogP contribution is 2.29. The molecule has 0 saturated carbocycles. The van der Waals surface area contributed by atoms with Gasteiger partial charge in [-0.1, -0.05) is 30.3 Å². The molecule has 0 spiro atoms. The third kappa shape index (κ3) is 3.87. The van der Waals surface area contributed by atoms with Gasteiger partial charge in [0.25, 0.3) is 0 Å². The Labute approximate surface area is 127 Å². The van der Waals surface area contributed by atoms with Crippen LogP contribution in [0, 0.1) is 13.8 Å². The van der Waals surface area contributed by atoms with E-state index in [1.165, 1.54) is 12.1 Å². The third-order valence-corrected chi connectivity index (χ3v) is 3.50. The molecule has 0 unspecified atom stereocenters. The molecule has 0 aromatic heterocycles. The van der Waals surface area contributed by atoms with Crippen LogP contribution in [-0.4, -0.2) is 5.91 Å². The second-order valence-electron chi connectivity index (χ2n) is 5.17. The molecule has 1 N–H and O–H groups in total. The first-order chi connectivity index (χ1) is 10.3. The molecule has 0 fully saturated rings. The Morgan fingerprint density at radius 3 is 2.45 bits per heavy atom. The van der Waals surface area contributed by atoms with Crippen LogP contribution in [0.4, 0.5) is 18.9 Å². The number of rotatable bonds is 3. The number of hydrogen-bond acceptors (Lipinski definition) is 1. The SMILES string of the molecule is Cc1cccc(NC(=O)Cc2cccc(C(F)(F)F)c2)c1C. The van der Waals surface area contributed by atoms with E-state index in [0.717, 1.165) is 23.3 Å². The maximum Gasteiger partial charge on any atom is 0.416 e. The summed E-state index contributed by atoms with van der Waals surface area (Å²) in [7, 11) is 0. The highest BCUT2D eigenvalue weighted by atomic mass is 19.4. The van der Waals surface area contributed by atoms with Gasteiger partial charge < -0.3 is 5.32 Å². The molecule has 116 valence electrons. The molecule has 2 nitrogen and oxygen atoms in total. The van der Waals surface area contributed by atoms with Gasteiger partial charge in [-0.05, 0) is 42.7 Å². The minimum atomic E-state index is -4.40. The van der Waals surface area contributed by atoms with Gasteiger partial charge in [0, 0.05) is 5.69 Å². The van der Waals surface area contributed by atoms with Crippen molar-refractivity contribution in [3.05, 3.63) is 64.7 Å². The zero-order valence-electron chi connectivity index (χ0n) is 12.3. The first-order valence-corrected chi connectivity index (χ1v) is 6.79. The van der Waals surface area contributed by atoms with Crippen molar-refractivity contribution in [3.63, 3.8) is 0 Å². The predicted molar refractivity (Wildman–Crippen MR) is 79.7 cm³/mol. The van der Waals surface area contributed by atoms with Crippen LogP contribution in [0.1, 0.15) is 22.3 Å².